The summed E-state index contributed by atoms with van der Waals surface area (Å²) in [5, 5.41) is 14.4. The predicted octanol–water partition coefficient (Wildman–Crippen LogP) is 2.81. The smallest absolute Gasteiger partial charge is 0.155 e. The van der Waals surface area contributed by atoms with Crippen LogP contribution in [0.3, 0.4) is 0 Å². The van der Waals surface area contributed by atoms with Crippen LogP contribution >= 0.6 is 11.6 Å². The van der Waals surface area contributed by atoms with Gasteiger partial charge in [-0.2, -0.15) is 5.10 Å². The molecule has 0 aliphatic carbocycles. The van der Waals surface area contributed by atoms with Crippen LogP contribution in [0.2, 0.25) is 5.02 Å². The lowest BCUT2D eigenvalue weighted by Crippen LogP contribution is -2.20. The van der Waals surface area contributed by atoms with E-state index in [0.29, 0.717) is 13.0 Å². The molecule has 0 fully saturated rings. The number of aliphatic hydroxyl groups excluding tert-OH is 1. The number of aromatic nitrogens is 3. The molecule has 0 atom stereocenters. The molecule has 0 spiro atoms. The zero-order valence-corrected chi connectivity index (χ0v) is 12.9. The van der Waals surface area contributed by atoms with Gasteiger partial charge in [0.15, 0.2) is 5.82 Å². The average molecular weight is 294 g/mol. The van der Waals surface area contributed by atoms with Gasteiger partial charge >= 0.3 is 0 Å². The van der Waals surface area contributed by atoms with Crippen molar-refractivity contribution in [2.24, 2.45) is 0 Å². The van der Waals surface area contributed by atoms with Crippen molar-refractivity contribution in [1.82, 2.24) is 14.8 Å². The van der Waals surface area contributed by atoms with Gasteiger partial charge < -0.3 is 5.11 Å². The molecule has 1 heterocycles. The van der Waals surface area contributed by atoms with Crippen LogP contribution in [0, 0.1) is 0 Å². The Labute approximate surface area is 124 Å². The lowest BCUT2D eigenvalue weighted by atomic mass is 9.96. The molecule has 1 aromatic carbocycles. The fourth-order valence-electron chi connectivity index (χ4n) is 2.05. The molecular formula is C15H20ClN3O. The van der Waals surface area contributed by atoms with E-state index < -0.39 is 0 Å². The fourth-order valence-corrected chi connectivity index (χ4v) is 2.18. The molecule has 5 heteroatoms. The van der Waals surface area contributed by atoms with Gasteiger partial charge in [0.2, 0.25) is 0 Å². The Kier molecular flexibility index (Phi) is 4.45. The highest BCUT2D eigenvalue weighted by molar-refractivity contribution is 6.30. The topological polar surface area (TPSA) is 50.9 Å². The predicted molar refractivity (Wildman–Crippen MR) is 80.1 cm³/mol. The third-order valence-electron chi connectivity index (χ3n) is 2.97. The molecule has 0 aliphatic heterocycles. The Morgan fingerprint density at radius 1 is 1.20 bits per heavy atom. The minimum atomic E-state index is -0.0968. The number of halogens is 1. The van der Waals surface area contributed by atoms with E-state index in [2.05, 4.69) is 30.9 Å². The van der Waals surface area contributed by atoms with Crippen molar-refractivity contribution in [3.63, 3.8) is 0 Å². The Morgan fingerprint density at radius 3 is 2.40 bits per heavy atom. The molecule has 0 bridgehead atoms. The van der Waals surface area contributed by atoms with E-state index in [9.17, 15) is 0 Å². The second kappa shape index (κ2) is 5.94. The highest BCUT2D eigenvalue weighted by Crippen LogP contribution is 2.21. The van der Waals surface area contributed by atoms with Crippen LogP contribution in [0.15, 0.2) is 24.3 Å². The van der Waals surface area contributed by atoms with Gasteiger partial charge in [-0.25, -0.2) is 9.67 Å². The SMILES string of the molecule is CC(C)(C)c1nc(Cc2ccc(Cl)cc2)nn1CCO. The van der Waals surface area contributed by atoms with Crippen molar-refractivity contribution in [2.75, 3.05) is 6.61 Å². The molecule has 0 saturated carbocycles. The highest BCUT2D eigenvalue weighted by Gasteiger charge is 2.22. The molecule has 108 valence electrons. The zero-order valence-electron chi connectivity index (χ0n) is 12.1. The molecule has 20 heavy (non-hydrogen) atoms. The first-order valence-electron chi connectivity index (χ1n) is 6.69. The second-order valence-electron chi connectivity index (χ2n) is 5.85. The fraction of sp³-hybridized carbons (Fsp3) is 0.467. The largest absolute Gasteiger partial charge is 0.394 e. The minimum absolute atomic E-state index is 0.0623. The quantitative estimate of drug-likeness (QED) is 0.943. The van der Waals surface area contributed by atoms with Gasteiger partial charge in [-0.3, -0.25) is 0 Å². The van der Waals surface area contributed by atoms with Crippen molar-refractivity contribution in [3.8, 4) is 0 Å². The first-order chi connectivity index (χ1) is 9.40. The number of nitrogens with zero attached hydrogens (tertiary/aromatic N) is 3. The molecule has 0 unspecified atom stereocenters. The van der Waals surface area contributed by atoms with E-state index in [4.69, 9.17) is 16.7 Å². The molecular weight excluding hydrogens is 274 g/mol. The van der Waals surface area contributed by atoms with Crippen molar-refractivity contribution < 1.29 is 5.11 Å². The Morgan fingerprint density at radius 2 is 1.85 bits per heavy atom. The van der Waals surface area contributed by atoms with Gasteiger partial charge in [0.25, 0.3) is 0 Å². The number of rotatable bonds is 4. The summed E-state index contributed by atoms with van der Waals surface area (Å²) in [6.45, 7) is 6.82. The molecule has 0 aliphatic rings. The van der Waals surface area contributed by atoms with Crippen molar-refractivity contribution >= 4 is 11.6 Å². The van der Waals surface area contributed by atoms with E-state index in [-0.39, 0.29) is 12.0 Å². The monoisotopic (exact) mass is 293 g/mol. The molecule has 1 aromatic heterocycles. The number of benzene rings is 1. The van der Waals surface area contributed by atoms with Crippen LogP contribution < -0.4 is 0 Å². The summed E-state index contributed by atoms with van der Waals surface area (Å²) in [4.78, 5) is 4.63. The molecule has 2 rings (SSSR count). The molecule has 1 N–H and O–H groups in total. The lowest BCUT2D eigenvalue weighted by molar-refractivity contribution is 0.263. The van der Waals surface area contributed by atoms with E-state index in [1.165, 1.54) is 0 Å². The van der Waals surface area contributed by atoms with Gasteiger partial charge in [-0.1, -0.05) is 44.5 Å². The van der Waals surface area contributed by atoms with Gasteiger partial charge in [0.05, 0.1) is 13.2 Å². The highest BCUT2D eigenvalue weighted by atomic mass is 35.5. The minimum Gasteiger partial charge on any atom is -0.394 e. The Balaban J connectivity index is 2.26. The van der Waals surface area contributed by atoms with Crippen LogP contribution in [-0.2, 0) is 18.4 Å². The average Bonchev–Trinajstić information content (AvgIpc) is 2.75. The molecule has 0 amide bonds. The van der Waals surface area contributed by atoms with Crippen LogP contribution in [0.5, 0.6) is 0 Å². The van der Waals surface area contributed by atoms with Crippen molar-refractivity contribution in [1.29, 1.82) is 0 Å². The number of hydrogen-bond acceptors (Lipinski definition) is 3. The summed E-state index contributed by atoms with van der Waals surface area (Å²) in [6.07, 6.45) is 0.665. The van der Waals surface area contributed by atoms with Gasteiger partial charge in [0, 0.05) is 16.9 Å². The molecule has 0 saturated heterocycles. The van der Waals surface area contributed by atoms with Gasteiger partial charge in [-0.05, 0) is 17.7 Å². The Hall–Kier alpha value is -1.39. The first kappa shape index (κ1) is 15.0. The summed E-state index contributed by atoms with van der Waals surface area (Å²) in [6, 6.07) is 7.69. The van der Waals surface area contributed by atoms with Crippen LogP contribution in [0.4, 0.5) is 0 Å². The van der Waals surface area contributed by atoms with Gasteiger partial charge in [0.1, 0.15) is 5.82 Å². The van der Waals surface area contributed by atoms with Gasteiger partial charge in [-0.15, -0.1) is 0 Å². The lowest BCUT2D eigenvalue weighted by Gasteiger charge is -2.17. The second-order valence-corrected chi connectivity index (χ2v) is 6.29. The third kappa shape index (κ3) is 3.58. The molecule has 0 radical (unpaired) electrons. The van der Waals surface area contributed by atoms with Crippen molar-refractivity contribution in [2.45, 2.75) is 39.2 Å². The normalized spacial score (nSPS) is 11.8. The first-order valence-corrected chi connectivity index (χ1v) is 7.07. The van der Waals surface area contributed by atoms with Crippen LogP contribution in [0.25, 0.3) is 0 Å². The maximum absolute atomic E-state index is 9.14. The van der Waals surface area contributed by atoms with Crippen LogP contribution in [0.1, 0.15) is 38.0 Å². The summed E-state index contributed by atoms with van der Waals surface area (Å²) in [5.41, 5.74) is 1.02. The molecule has 4 nitrogen and oxygen atoms in total. The summed E-state index contributed by atoms with van der Waals surface area (Å²) in [5.74, 6) is 1.67. The summed E-state index contributed by atoms with van der Waals surface area (Å²) >= 11 is 5.88. The van der Waals surface area contributed by atoms with E-state index in [1.807, 2.05) is 24.3 Å². The number of aliphatic hydroxyl groups is 1. The maximum atomic E-state index is 9.14. The Bertz CT molecular complexity index is 570. The third-order valence-corrected chi connectivity index (χ3v) is 3.23. The summed E-state index contributed by atoms with van der Waals surface area (Å²) in [7, 11) is 0. The summed E-state index contributed by atoms with van der Waals surface area (Å²) < 4.78 is 1.80. The van der Waals surface area contributed by atoms with Crippen LogP contribution in [-0.4, -0.2) is 26.5 Å². The molecule has 2 aromatic rings. The van der Waals surface area contributed by atoms with E-state index in [0.717, 1.165) is 22.2 Å². The number of hydrogen-bond donors (Lipinski definition) is 1. The van der Waals surface area contributed by atoms with E-state index in [1.54, 1.807) is 4.68 Å². The maximum Gasteiger partial charge on any atom is 0.155 e. The van der Waals surface area contributed by atoms with E-state index >= 15 is 0 Å². The zero-order chi connectivity index (χ0) is 14.8. The van der Waals surface area contributed by atoms with Crippen molar-refractivity contribution in [3.05, 3.63) is 46.5 Å². The standard InChI is InChI=1S/C15H20ClN3O/c1-15(2,3)14-17-13(18-19(14)8-9-20)10-11-4-6-12(16)7-5-11/h4-7,20H,8-10H2,1-3H3.